The molecule has 0 N–H and O–H groups in total. The number of halogens is 8. The molecule has 11 heteroatoms. The zero-order valence-corrected chi connectivity index (χ0v) is 19.3. The van der Waals surface area contributed by atoms with Gasteiger partial charge in [-0.3, -0.25) is 0 Å². The van der Waals surface area contributed by atoms with Crippen molar-refractivity contribution in [3.05, 3.63) is 72.0 Å². The number of alkyl halides is 8. The average Bonchev–Trinajstić information content (AvgIpc) is 2.80. The standard InChI is InChI=1S/C26H23F8NO2/c27-24(28)36-18-6-2-5-17(15-18)22-11-10-21-20(16-4-1-7-19(14-16)37-26(32,33)34)8-3-9-23(21)35(22)13-12-25(29,30)31/h1-4,6-9,14-15,17,22,24H,5,10-13H2/t17?,22-/m1/s1. The summed E-state index contributed by atoms with van der Waals surface area (Å²) in [7, 11) is 0. The Bertz CT molecular complexity index is 1160. The molecule has 0 spiro atoms. The number of fused-ring (bicyclic) bond motifs is 1. The van der Waals surface area contributed by atoms with E-state index in [0.717, 1.165) is 0 Å². The SMILES string of the molecule is FC(F)OC1=CC([C@H]2CCc3c(-c4cccc(OC(F)(F)F)c4)cccc3N2CCC(F)(F)F)CC=C1. The number of nitrogens with zero attached hydrogens (tertiary/aromatic N) is 1. The van der Waals surface area contributed by atoms with E-state index < -0.39 is 37.4 Å². The first kappa shape index (κ1) is 26.8. The van der Waals surface area contributed by atoms with Crippen LogP contribution in [0.5, 0.6) is 5.75 Å². The van der Waals surface area contributed by atoms with Gasteiger partial charge in [0.05, 0.1) is 6.42 Å². The summed E-state index contributed by atoms with van der Waals surface area (Å²) in [5.41, 5.74) is 2.24. The van der Waals surface area contributed by atoms with Crippen LogP contribution in [0, 0.1) is 5.92 Å². The molecule has 1 heterocycles. The lowest BCUT2D eigenvalue weighted by Crippen LogP contribution is -2.45. The zero-order chi connectivity index (χ0) is 26.8. The lowest BCUT2D eigenvalue weighted by atomic mass is 9.81. The van der Waals surface area contributed by atoms with Gasteiger partial charge >= 0.3 is 19.2 Å². The van der Waals surface area contributed by atoms with Crippen molar-refractivity contribution < 1.29 is 44.6 Å². The highest BCUT2D eigenvalue weighted by Crippen LogP contribution is 2.42. The molecule has 200 valence electrons. The summed E-state index contributed by atoms with van der Waals surface area (Å²) < 4.78 is 112. The number of rotatable bonds is 7. The Hall–Kier alpha value is -3.24. The van der Waals surface area contributed by atoms with Crippen molar-refractivity contribution in [2.45, 2.75) is 50.9 Å². The van der Waals surface area contributed by atoms with Gasteiger partial charge in [-0.25, -0.2) is 0 Å². The second-order valence-electron chi connectivity index (χ2n) is 8.79. The summed E-state index contributed by atoms with van der Waals surface area (Å²) in [6.45, 7) is -3.39. The number of hydrogen-bond acceptors (Lipinski definition) is 3. The highest BCUT2D eigenvalue weighted by Gasteiger charge is 2.36. The second kappa shape index (κ2) is 10.6. The van der Waals surface area contributed by atoms with E-state index in [0.29, 0.717) is 41.6 Å². The van der Waals surface area contributed by atoms with Gasteiger partial charge in [-0.1, -0.05) is 30.3 Å². The average molecular weight is 533 g/mol. The summed E-state index contributed by atoms with van der Waals surface area (Å²) in [5.74, 6) is -0.814. The van der Waals surface area contributed by atoms with E-state index in [1.165, 1.54) is 30.4 Å². The monoisotopic (exact) mass is 533 g/mol. The van der Waals surface area contributed by atoms with Crippen LogP contribution >= 0.6 is 0 Å². The molecule has 2 aliphatic rings. The van der Waals surface area contributed by atoms with E-state index in [9.17, 15) is 35.1 Å². The number of benzene rings is 2. The molecule has 0 fully saturated rings. The molecule has 3 nitrogen and oxygen atoms in total. The van der Waals surface area contributed by atoms with Crippen molar-refractivity contribution in [2.75, 3.05) is 11.4 Å². The summed E-state index contributed by atoms with van der Waals surface area (Å²) in [6, 6.07) is 10.0. The van der Waals surface area contributed by atoms with Crippen LogP contribution in [0.15, 0.2) is 66.5 Å². The second-order valence-corrected chi connectivity index (χ2v) is 8.79. The maximum absolute atomic E-state index is 13.2. The first-order chi connectivity index (χ1) is 17.4. The molecule has 1 aliphatic carbocycles. The molecule has 0 saturated heterocycles. The minimum atomic E-state index is -4.87. The van der Waals surface area contributed by atoms with Gasteiger partial charge in [-0.2, -0.15) is 22.0 Å². The number of ether oxygens (including phenoxy) is 2. The Kier molecular flexibility index (Phi) is 7.70. The maximum atomic E-state index is 13.2. The molecule has 1 unspecified atom stereocenters. The largest absolute Gasteiger partial charge is 0.573 e. The predicted octanol–water partition coefficient (Wildman–Crippen LogP) is 8.03. The van der Waals surface area contributed by atoms with Gasteiger partial charge in [-0.15, -0.1) is 13.2 Å². The van der Waals surface area contributed by atoms with E-state index in [1.807, 2.05) is 0 Å². The van der Waals surface area contributed by atoms with Crippen molar-refractivity contribution in [1.82, 2.24) is 0 Å². The lowest BCUT2D eigenvalue weighted by Gasteiger charge is -2.43. The minimum absolute atomic E-state index is 0.0388. The van der Waals surface area contributed by atoms with Gasteiger partial charge in [0.1, 0.15) is 11.5 Å². The van der Waals surface area contributed by atoms with Crippen molar-refractivity contribution in [3.8, 4) is 16.9 Å². The van der Waals surface area contributed by atoms with Crippen LogP contribution in [0.4, 0.5) is 40.8 Å². The summed E-state index contributed by atoms with van der Waals surface area (Å²) in [6.07, 6.45) is -4.51. The van der Waals surface area contributed by atoms with E-state index in [4.69, 9.17) is 0 Å². The summed E-state index contributed by atoms with van der Waals surface area (Å²) >= 11 is 0. The van der Waals surface area contributed by atoms with E-state index in [1.54, 1.807) is 35.2 Å². The van der Waals surface area contributed by atoms with Crippen LogP contribution in [0.3, 0.4) is 0 Å². The van der Waals surface area contributed by atoms with Gasteiger partial charge in [0.15, 0.2) is 0 Å². The Labute approximate surface area is 208 Å². The van der Waals surface area contributed by atoms with E-state index in [-0.39, 0.29) is 18.2 Å². The molecule has 0 aromatic heterocycles. The summed E-state index contributed by atoms with van der Waals surface area (Å²) in [5, 5.41) is 0. The normalized spacial score (nSPS) is 20.0. The first-order valence-electron chi connectivity index (χ1n) is 11.5. The molecule has 4 rings (SSSR count). The minimum Gasteiger partial charge on any atom is -0.435 e. The fraction of sp³-hybridized carbons (Fsp3) is 0.385. The van der Waals surface area contributed by atoms with Crippen LogP contribution < -0.4 is 9.64 Å². The fourth-order valence-electron chi connectivity index (χ4n) is 4.97. The van der Waals surface area contributed by atoms with Crippen LogP contribution in [0.25, 0.3) is 11.1 Å². The first-order valence-corrected chi connectivity index (χ1v) is 11.5. The Morgan fingerprint density at radius 3 is 2.46 bits per heavy atom. The molecule has 1 aliphatic heterocycles. The molecular formula is C26H23F8NO2. The van der Waals surface area contributed by atoms with Crippen LogP contribution in [-0.2, 0) is 11.2 Å². The van der Waals surface area contributed by atoms with Crippen LogP contribution in [0.2, 0.25) is 0 Å². The molecule has 2 aromatic carbocycles. The number of anilines is 1. The maximum Gasteiger partial charge on any atom is 0.573 e. The van der Waals surface area contributed by atoms with Gasteiger partial charge in [-0.05, 0) is 66.3 Å². The third-order valence-electron chi connectivity index (χ3n) is 6.35. The van der Waals surface area contributed by atoms with Gasteiger partial charge < -0.3 is 14.4 Å². The molecule has 2 aromatic rings. The highest BCUT2D eigenvalue weighted by molar-refractivity contribution is 5.76. The quantitative estimate of drug-likeness (QED) is 0.337. The van der Waals surface area contributed by atoms with Crippen molar-refractivity contribution >= 4 is 5.69 Å². The Morgan fingerprint density at radius 2 is 1.76 bits per heavy atom. The third-order valence-corrected chi connectivity index (χ3v) is 6.35. The molecule has 0 amide bonds. The zero-order valence-electron chi connectivity index (χ0n) is 19.3. The third kappa shape index (κ3) is 6.95. The van der Waals surface area contributed by atoms with Gasteiger partial charge in [0.2, 0.25) is 0 Å². The fourth-order valence-corrected chi connectivity index (χ4v) is 4.97. The van der Waals surface area contributed by atoms with Crippen LogP contribution in [0.1, 0.15) is 24.8 Å². The molecular weight excluding hydrogens is 510 g/mol. The highest BCUT2D eigenvalue weighted by atomic mass is 19.4. The number of hydrogen-bond donors (Lipinski definition) is 0. The Morgan fingerprint density at radius 1 is 1.00 bits per heavy atom. The Balaban J connectivity index is 1.70. The molecule has 0 bridgehead atoms. The number of allylic oxidation sites excluding steroid dienone is 2. The lowest BCUT2D eigenvalue weighted by molar-refractivity contribution is -0.274. The van der Waals surface area contributed by atoms with Crippen molar-refractivity contribution in [1.29, 1.82) is 0 Å². The molecule has 0 saturated carbocycles. The van der Waals surface area contributed by atoms with Crippen molar-refractivity contribution in [3.63, 3.8) is 0 Å². The molecule has 2 atom stereocenters. The van der Waals surface area contributed by atoms with Gasteiger partial charge in [0, 0.05) is 24.2 Å². The smallest absolute Gasteiger partial charge is 0.435 e. The van der Waals surface area contributed by atoms with Gasteiger partial charge in [0.25, 0.3) is 0 Å². The van der Waals surface area contributed by atoms with Crippen molar-refractivity contribution in [2.24, 2.45) is 5.92 Å². The predicted molar refractivity (Wildman–Crippen MR) is 121 cm³/mol. The molecule has 0 radical (unpaired) electrons. The van der Waals surface area contributed by atoms with Crippen LogP contribution in [-0.4, -0.2) is 31.7 Å². The molecule has 37 heavy (non-hydrogen) atoms. The van der Waals surface area contributed by atoms with E-state index >= 15 is 0 Å². The topological polar surface area (TPSA) is 21.7 Å². The van der Waals surface area contributed by atoms with E-state index in [2.05, 4.69) is 9.47 Å². The summed E-state index contributed by atoms with van der Waals surface area (Å²) in [4.78, 5) is 1.63.